The molecule has 3 aromatic rings. The number of benzene rings is 1. The van der Waals surface area contributed by atoms with Gasteiger partial charge in [0, 0.05) is 20.0 Å². The van der Waals surface area contributed by atoms with Crippen LogP contribution in [0.5, 0.6) is 0 Å². The van der Waals surface area contributed by atoms with Crippen LogP contribution in [0.25, 0.3) is 11.0 Å². The number of ether oxygens (including phenoxy) is 1. The lowest BCUT2D eigenvalue weighted by molar-refractivity contribution is -0.133. The van der Waals surface area contributed by atoms with Gasteiger partial charge in [0.05, 0.1) is 36.3 Å². The quantitative estimate of drug-likeness (QED) is 0.478. The molecule has 10 heteroatoms. The van der Waals surface area contributed by atoms with Crippen molar-refractivity contribution in [1.82, 2.24) is 20.0 Å². The lowest BCUT2D eigenvalue weighted by Gasteiger charge is -2.30. The van der Waals surface area contributed by atoms with Crippen LogP contribution < -0.4 is 5.73 Å². The molecule has 2 unspecified atom stereocenters. The van der Waals surface area contributed by atoms with Crippen LogP contribution in [0.3, 0.4) is 0 Å². The summed E-state index contributed by atoms with van der Waals surface area (Å²) in [6.07, 6.45) is 4.44. The standard InChI is InChI=1S/C28H36FN5O4/c1-5-19-22(26(30)35)25(38-33-19)21(15-8-6-14(2)7-9-15)27-31-20-11-10-16(23(29)24(20)32-27)17-12-37-13-18(17)28(36)34(3)4/h10-11,14-15,17-18,21H,5-9,12-13H2,1-4H3,(H2,30,35)(H,31,32)/t14?,15?,17?,18?,21-/m1/s1. The van der Waals surface area contributed by atoms with Crippen molar-refractivity contribution in [2.45, 2.75) is 57.8 Å². The number of halogens is 1. The smallest absolute Gasteiger partial charge is 0.254 e. The number of aromatic amines is 1. The maximum atomic E-state index is 16.0. The lowest BCUT2D eigenvalue weighted by Crippen LogP contribution is -2.33. The Hall–Kier alpha value is -3.27. The van der Waals surface area contributed by atoms with E-state index in [1.807, 2.05) is 6.92 Å². The molecule has 1 aliphatic heterocycles. The molecular weight excluding hydrogens is 489 g/mol. The number of primary amides is 1. The third kappa shape index (κ3) is 4.59. The molecule has 2 aromatic heterocycles. The summed E-state index contributed by atoms with van der Waals surface area (Å²) in [6, 6.07) is 3.51. The molecule has 9 nitrogen and oxygen atoms in total. The van der Waals surface area contributed by atoms with Crippen LogP contribution in [0, 0.1) is 23.6 Å². The molecule has 204 valence electrons. The number of hydrogen-bond donors (Lipinski definition) is 2. The molecule has 3 N–H and O–H groups in total. The van der Waals surface area contributed by atoms with Crippen molar-refractivity contribution < 1.29 is 23.2 Å². The lowest BCUT2D eigenvalue weighted by atomic mass is 9.74. The van der Waals surface area contributed by atoms with Crippen molar-refractivity contribution in [3.8, 4) is 0 Å². The van der Waals surface area contributed by atoms with Gasteiger partial charge in [0.15, 0.2) is 11.6 Å². The molecule has 2 amide bonds. The normalized spacial score (nSPS) is 24.6. The van der Waals surface area contributed by atoms with E-state index in [1.165, 1.54) is 4.90 Å². The predicted molar refractivity (Wildman–Crippen MR) is 139 cm³/mol. The summed E-state index contributed by atoms with van der Waals surface area (Å²) in [6.45, 7) is 4.66. The number of hydrogen-bond acceptors (Lipinski definition) is 6. The maximum Gasteiger partial charge on any atom is 0.254 e. The average molecular weight is 526 g/mol. The molecule has 1 saturated carbocycles. The van der Waals surface area contributed by atoms with Crippen molar-refractivity contribution in [3.63, 3.8) is 0 Å². The highest BCUT2D eigenvalue weighted by Crippen LogP contribution is 2.44. The second kappa shape index (κ2) is 10.5. The number of carbonyl (C=O) groups excluding carboxylic acids is 2. The van der Waals surface area contributed by atoms with Gasteiger partial charge in [-0.05, 0) is 42.7 Å². The monoisotopic (exact) mass is 525 g/mol. The zero-order valence-electron chi connectivity index (χ0n) is 22.4. The number of nitrogens with zero attached hydrogens (tertiary/aromatic N) is 3. The van der Waals surface area contributed by atoms with E-state index in [2.05, 4.69) is 17.1 Å². The Morgan fingerprint density at radius 3 is 2.61 bits per heavy atom. The molecule has 2 fully saturated rings. The molecule has 0 bridgehead atoms. The molecule has 0 radical (unpaired) electrons. The summed E-state index contributed by atoms with van der Waals surface area (Å²) < 4.78 is 27.4. The maximum absolute atomic E-state index is 16.0. The summed E-state index contributed by atoms with van der Waals surface area (Å²) in [4.78, 5) is 34.8. The molecule has 0 spiro atoms. The first-order valence-corrected chi connectivity index (χ1v) is 13.5. The summed E-state index contributed by atoms with van der Waals surface area (Å²) in [5.74, 6) is -0.719. The Balaban J connectivity index is 1.59. The second-order valence-corrected chi connectivity index (χ2v) is 11.1. The molecule has 3 heterocycles. The highest BCUT2D eigenvalue weighted by atomic mass is 19.1. The van der Waals surface area contributed by atoms with E-state index in [1.54, 1.807) is 26.2 Å². The van der Waals surface area contributed by atoms with E-state index < -0.39 is 29.5 Å². The van der Waals surface area contributed by atoms with Crippen LogP contribution >= 0.6 is 0 Å². The molecule has 38 heavy (non-hydrogen) atoms. The highest BCUT2D eigenvalue weighted by Gasteiger charge is 2.40. The van der Waals surface area contributed by atoms with E-state index in [4.69, 9.17) is 20.0 Å². The van der Waals surface area contributed by atoms with E-state index in [9.17, 15) is 9.59 Å². The first-order chi connectivity index (χ1) is 18.2. The topological polar surface area (TPSA) is 127 Å². The Labute approximate surface area is 221 Å². The zero-order chi connectivity index (χ0) is 27.1. The van der Waals surface area contributed by atoms with Crippen molar-refractivity contribution >= 4 is 22.8 Å². The summed E-state index contributed by atoms with van der Waals surface area (Å²) in [5.41, 5.74) is 7.75. The van der Waals surface area contributed by atoms with Crippen molar-refractivity contribution in [2.24, 2.45) is 23.5 Å². The van der Waals surface area contributed by atoms with Gasteiger partial charge in [0.2, 0.25) is 5.91 Å². The number of nitrogens with two attached hydrogens (primary N) is 1. The van der Waals surface area contributed by atoms with Crippen LogP contribution in [0.1, 0.15) is 84.6 Å². The van der Waals surface area contributed by atoms with Gasteiger partial charge in [-0.2, -0.15) is 0 Å². The van der Waals surface area contributed by atoms with E-state index in [0.29, 0.717) is 46.3 Å². The fraction of sp³-hybridized carbons (Fsp3) is 0.571. The van der Waals surface area contributed by atoms with E-state index in [0.717, 1.165) is 25.7 Å². The molecule has 2 aliphatic rings. The molecule has 1 aliphatic carbocycles. The van der Waals surface area contributed by atoms with Gasteiger partial charge in [-0.25, -0.2) is 9.37 Å². The molecule has 3 atom stereocenters. The van der Waals surface area contributed by atoms with Gasteiger partial charge in [0.1, 0.15) is 16.9 Å². The summed E-state index contributed by atoms with van der Waals surface area (Å²) in [5, 5.41) is 4.15. The Morgan fingerprint density at radius 2 is 1.95 bits per heavy atom. The van der Waals surface area contributed by atoms with Gasteiger partial charge < -0.3 is 24.9 Å². The second-order valence-electron chi connectivity index (χ2n) is 11.1. The van der Waals surface area contributed by atoms with Crippen LogP contribution in [-0.2, 0) is 16.0 Å². The number of nitrogens with one attached hydrogen (secondary N) is 1. The number of amides is 2. The minimum absolute atomic E-state index is 0.0858. The first kappa shape index (κ1) is 26.3. The highest BCUT2D eigenvalue weighted by molar-refractivity contribution is 5.95. The van der Waals surface area contributed by atoms with Gasteiger partial charge in [-0.1, -0.05) is 37.9 Å². The minimum Gasteiger partial charge on any atom is -0.380 e. The first-order valence-electron chi connectivity index (χ1n) is 13.5. The zero-order valence-corrected chi connectivity index (χ0v) is 22.4. The molecule has 5 rings (SSSR count). The predicted octanol–water partition coefficient (Wildman–Crippen LogP) is 4.13. The van der Waals surface area contributed by atoms with Crippen molar-refractivity contribution in [1.29, 1.82) is 0 Å². The Bertz CT molecular complexity index is 1340. The van der Waals surface area contributed by atoms with Crippen LogP contribution in [-0.4, -0.2) is 59.1 Å². The number of carbonyl (C=O) groups is 2. The number of H-pyrrole nitrogens is 1. The van der Waals surface area contributed by atoms with Gasteiger partial charge in [0.25, 0.3) is 5.91 Å². The van der Waals surface area contributed by atoms with E-state index in [-0.39, 0.29) is 30.6 Å². The fourth-order valence-electron chi connectivity index (χ4n) is 6.18. The number of aryl methyl sites for hydroxylation is 1. The number of imidazole rings is 1. The van der Waals surface area contributed by atoms with Gasteiger partial charge in [-0.15, -0.1) is 0 Å². The van der Waals surface area contributed by atoms with E-state index >= 15 is 4.39 Å². The van der Waals surface area contributed by atoms with Crippen LogP contribution in [0.2, 0.25) is 0 Å². The fourth-order valence-corrected chi connectivity index (χ4v) is 6.18. The minimum atomic E-state index is -0.588. The molecular formula is C28H36FN5O4. The SMILES string of the molecule is CCc1noc([C@H](c2nc3c(F)c(C4COCC4C(=O)N(C)C)ccc3[nH]2)C2CCC(C)CC2)c1C(N)=O. The van der Waals surface area contributed by atoms with Crippen molar-refractivity contribution in [2.75, 3.05) is 27.3 Å². The number of aromatic nitrogens is 3. The van der Waals surface area contributed by atoms with Crippen molar-refractivity contribution in [3.05, 3.63) is 46.4 Å². The largest absolute Gasteiger partial charge is 0.380 e. The number of rotatable bonds is 7. The molecule has 1 aromatic carbocycles. The van der Waals surface area contributed by atoms with Crippen LogP contribution in [0.4, 0.5) is 4.39 Å². The Kier molecular flexibility index (Phi) is 7.26. The Morgan fingerprint density at radius 1 is 1.21 bits per heavy atom. The third-order valence-electron chi connectivity index (χ3n) is 8.36. The van der Waals surface area contributed by atoms with Gasteiger partial charge in [-0.3, -0.25) is 9.59 Å². The number of fused-ring (bicyclic) bond motifs is 1. The average Bonchev–Trinajstić information content (AvgIpc) is 3.63. The third-order valence-corrected chi connectivity index (χ3v) is 8.36. The summed E-state index contributed by atoms with van der Waals surface area (Å²) >= 11 is 0. The van der Waals surface area contributed by atoms with Gasteiger partial charge >= 0.3 is 0 Å². The molecule has 1 saturated heterocycles. The van der Waals surface area contributed by atoms with Crippen LogP contribution in [0.15, 0.2) is 16.7 Å². The summed E-state index contributed by atoms with van der Waals surface area (Å²) in [7, 11) is 3.38.